The molecule has 0 fully saturated rings. The molecule has 1 amide bonds. The fourth-order valence-electron chi connectivity index (χ4n) is 2.64. The van der Waals surface area contributed by atoms with Gasteiger partial charge in [-0.15, -0.1) is 11.3 Å². The number of nitrogens with zero attached hydrogens (tertiary/aromatic N) is 1. The van der Waals surface area contributed by atoms with Crippen molar-refractivity contribution in [2.45, 2.75) is 24.8 Å². The molecular weight excluding hydrogens is 413 g/mol. The minimum Gasteiger partial charge on any atom is -0.301 e. The van der Waals surface area contributed by atoms with E-state index in [9.17, 15) is 17.6 Å². The van der Waals surface area contributed by atoms with E-state index in [-0.39, 0.29) is 5.92 Å². The van der Waals surface area contributed by atoms with Crippen molar-refractivity contribution in [3.63, 3.8) is 0 Å². The molecule has 0 bridgehead atoms. The van der Waals surface area contributed by atoms with Gasteiger partial charge in [-0.2, -0.15) is 4.72 Å². The van der Waals surface area contributed by atoms with Crippen LogP contribution in [0.1, 0.15) is 13.8 Å². The molecule has 3 rings (SSSR count). The van der Waals surface area contributed by atoms with Crippen LogP contribution in [0, 0.1) is 11.7 Å². The van der Waals surface area contributed by atoms with E-state index >= 15 is 0 Å². The van der Waals surface area contributed by atoms with Crippen LogP contribution in [0.3, 0.4) is 0 Å². The van der Waals surface area contributed by atoms with E-state index in [2.05, 4.69) is 15.0 Å². The van der Waals surface area contributed by atoms with Crippen LogP contribution in [-0.2, 0) is 14.8 Å². The molecule has 0 saturated carbocycles. The highest BCUT2D eigenvalue weighted by molar-refractivity contribution is 7.89. The minimum atomic E-state index is -4.21. The molecular formula is C20H20FN3O3S2. The summed E-state index contributed by atoms with van der Waals surface area (Å²) in [6.07, 6.45) is 0. The van der Waals surface area contributed by atoms with Crippen molar-refractivity contribution in [1.82, 2.24) is 9.71 Å². The SMILES string of the molecule is CC(C)[C@H](NS(=O)(=O)c1ccccc1F)C(=O)Nc1nc(-c2ccccc2)cs1. The molecule has 9 heteroatoms. The zero-order valence-electron chi connectivity index (χ0n) is 15.8. The molecule has 0 saturated heterocycles. The van der Waals surface area contributed by atoms with Gasteiger partial charge in [-0.25, -0.2) is 17.8 Å². The number of sulfonamides is 1. The number of hydrogen-bond donors (Lipinski definition) is 2. The lowest BCUT2D eigenvalue weighted by Crippen LogP contribution is -2.47. The van der Waals surface area contributed by atoms with Crippen molar-refractivity contribution < 1.29 is 17.6 Å². The summed E-state index contributed by atoms with van der Waals surface area (Å²) in [7, 11) is -4.21. The molecule has 3 aromatic rings. The summed E-state index contributed by atoms with van der Waals surface area (Å²) in [5.41, 5.74) is 1.61. The summed E-state index contributed by atoms with van der Waals surface area (Å²) in [5, 5.41) is 4.81. The van der Waals surface area contributed by atoms with Crippen LogP contribution in [0.2, 0.25) is 0 Å². The number of aromatic nitrogens is 1. The molecule has 2 aromatic carbocycles. The lowest BCUT2D eigenvalue weighted by molar-refractivity contribution is -0.118. The maximum absolute atomic E-state index is 13.9. The normalized spacial score (nSPS) is 12.7. The number of hydrogen-bond acceptors (Lipinski definition) is 5. The van der Waals surface area contributed by atoms with Gasteiger partial charge in [-0.1, -0.05) is 56.3 Å². The first-order valence-corrected chi connectivity index (χ1v) is 11.2. The summed E-state index contributed by atoms with van der Waals surface area (Å²) in [6, 6.07) is 13.4. The third kappa shape index (κ3) is 5.06. The summed E-state index contributed by atoms with van der Waals surface area (Å²) >= 11 is 1.24. The van der Waals surface area contributed by atoms with Crippen molar-refractivity contribution in [3.05, 3.63) is 65.8 Å². The van der Waals surface area contributed by atoms with Gasteiger partial charge in [0, 0.05) is 10.9 Å². The smallest absolute Gasteiger partial charge is 0.244 e. The van der Waals surface area contributed by atoms with Gasteiger partial charge >= 0.3 is 0 Å². The van der Waals surface area contributed by atoms with E-state index in [1.54, 1.807) is 19.2 Å². The van der Waals surface area contributed by atoms with E-state index < -0.39 is 32.7 Å². The van der Waals surface area contributed by atoms with Gasteiger partial charge in [-0.05, 0) is 18.1 Å². The fourth-order valence-corrected chi connectivity index (χ4v) is 4.79. The average Bonchev–Trinajstić information content (AvgIpc) is 3.15. The number of carbonyl (C=O) groups is 1. The summed E-state index contributed by atoms with van der Waals surface area (Å²) in [5.74, 6) is -1.81. The molecule has 0 unspecified atom stereocenters. The molecule has 0 radical (unpaired) electrons. The van der Waals surface area contributed by atoms with Gasteiger partial charge in [-0.3, -0.25) is 4.79 Å². The maximum atomic E-state index is 13.9. The predicted octanol–water partition coefficient (Wildman–Crippen LogP) is 3.89. The molecule has 152 valence electrons. The second kappa shape index (κ2) is 8.81. The zero-order valence-corrected chi connectivity index (χ0v) is 17.4. The summed E-state index contributed by atoms with van der Waals surface area (Å²) in [6.45, 7) is 3.40. The Balaban J connectivity index is 1.77. The first-order valence-electron chi connectivity index (χ1n) is 8.86. The Labute approximate surface area is 172 Å². The Morgan fingerprint density at radius 1 is 1.07 bits per heavy atom. The predicted molar refractivity (Wildman–Crippen MR) is 112 cm³/mol. The van der Waals surface area contributed by atoms with E-state index in [0.29, 0.717) is 10.8 Å². The molecule has 2 N–H and O–H groups in total. The number of benzene rings is 2. The lowest BCUT2D eigenvalue weighted by atomic mass is 10.1. The van der Waals surface area contributed by atoms with E-state index in [0.717, 1.165) is 17.7 Å². The zero-order chi connectivity index (χ0) is 21.0. The lowest BCUT2D eigenvalue weighted by Gasteiger charge is -2.21. The number of nitrogens with one attached hydrogen (secondary N) is 2. The number of carbonyl (C=O) groups excluding carboxylic acids is 1. The number of amides is 1. The van der Waals surface area contributed by atoms with Crippen molar-refractivity contribution in [3.8, 4) is 11.3 Å². The Bertz CT molecular complexity index is 1100. The topological polar surface area (TPSA) is 88.2 Å². The minimum absolute atomic E-state index is 0.351. The number of rotatable bonds is 7. The van der Waals surface area contributed by atoms with Gasteiger partial charge in [0.15, 0.2) is 5.13 Å². The molecule has 29 heavy (non-hydrogen) atoms. The highest BCUT2D eigenvalue weighted by atomic mass is 32.2. The van der Waals surface area contributed by atoms with E-state index in [1.165, 1.54) is 23.5 Å². The van der Waals surface area contributed by atoms with Crippen LogP contribution in [0.4, 0.5) is 9.52 Å². The molecule has 0 aliphatic heterocycles. The second-order valence-corrected chi connectivity index (χ2v) is 9.21. The molecule has 0 spiro atoms. The standard InChI is InChI=1S/C20H20FN3O3S2/c1-13(2)18(24-29(26,27)17-11-7-6-10-15(17)21)19(25)23-20-22-16(12-28-20)14-8-4-3-5-9-14/h3-13,18,24H,1-2H3,(H,22,23,25)/t18-/m0/s1. The maximum Gasteiger partial charge on any atom is 0.244 e. The third-order valence-corrected chi connectivity index (χ3v) is 6.39. The number of thiazole rings is 1. The van der Waals surface area contributed by atoms with Crippen LogP contribution < -0.4 is 10.0 Å². The highest BCUT2D eigenvalue weighted by Crippen LogP contribution is 2.25. The van der Waals surface area contributed by atoms with Crippen LogP contribution in [0.15, 0.2) is 64.9 Å². The van der Waals surface area contributed by atoms with Crippen molar-refractivity contribution in [2.75, 3.05) is 5.32 Å². The van der Waals surface area contributed by atoms with Gasteiger partial charge in [0.05, 0.1) is 5.69 Å². The van der Waals surface area contributed by atoms with Crippen LogP contribution >= 0.6 is 11.3 Å². The Kier molecular flexibility index (Phi) is 6.41. The summed E-state index contributed by atoms with van der Waals surface area (Å²) in [4.78, 5) is 16.6. The molecule has 1 aromatic heterocycles. The molecule has 1 heterocycles. The monoisotopic (exact) mass is 433 g/mol. The Morgan fingerprint density at radius 2 is 1.72 bits per heavy atom. The highest BCUT2D eigenvalue weighted by Gasteiger charge is 2.30. The van der Waals surface area contributed by atoms with E-state index in [1.807, 2.05) is 30.3 Å². The number of halogens is 1. The van der Waals surface area contributed by atoms with Crippen molar-refractivity contribution in [2.24, 2.45) is 5.92 Å². The van der Waals surface area contributed by atoms with Crippen LogP contribution in [0.5, 0.6) is 0 Å². The first kappa shape index (κ1) is 21.1. The van der Waals surface area contributed by atoms with E-state index in [4.69, 9.17) is 0 Å². The van der Waals surface area contributed by atoms with Crippen LogP contribution in [-0.4, -0.2) is 25.4 Å². The molecule has 1 atom stereocenters. The summed E-state index contributed by atoms with van der Waals surface area (Å²) < 4.78 is 41.4. The number of anilines is 1. The average molecular weight is 434 g/mol. The molecule has 6 nitrogen and oxygen atoms in total. The molecule has 0 aliphatic rings. The van der Waals surface area contributed by atoms with Crippen LogP contribution in [0.25, 0.3) is 11.3 Å². The Hall–Kier alpha value is -2.62. The van der Waals surface area contributed by atoms with Gasteiger partial charge in [0.1, 0.15) is 16.8 Å². The van der Waals surface area contributed by atoms with Gasteiger partial charge in [0.2, 0.25) is 15.9 Å². The van der Waals surface area contributed by atoms with Gasteiger partial charge < -0.3 is 5.32 Å². The van der Waals surface area contributed by atoms with Gasteiger partial charge in [0.25, 0.3) is 0 Å². The molecule has 0 aliphatic carbocycles. The third-order valence-electron chi connectivity index (χ3n) is 4.16. The quantitative estimate of drug-likeness (QED) is 0.592. The van der Waals surface area contributed by atoms with Crippen molar-refractivity contribution >= 4 is 32.4 Å². The first-order chi connectivity index (χ1) is 13.8. The Morgan fingerprint density at radius 3 is 2.38 bits per heavy atom. The second-order valence-electron chi connectivity index (χ2n) is 6.67. The fraction of sp³-hybridized carbons (Fsp3) is 0.200. The largest absolute Gasteiger partial charge is 0.301 e. The van der Waals surface area contributed by atoms with Crippen molar-refractivity contribution in [1.29, 1.82) is 0 Å².